The van der Waals surface area contributed by atoms with Gasteiger partial charge in [0.1, 0.15) is 0 Å². The van der Waals surface area contributed by atoms with Gasteiger partial charge in [-0.05, 0) is 30.5 Å². The van der Waals surface area contributed by atoms with Crippen molar-refractivity contribution in [3.05, 3.63) is 70.3 Å². The molecule has 0 unspecified atom stereocenters. The van der Waals surface area contributed by atoms with Crippen LogP contribution in [0.4, 0.5) is 5.69 Å². The van der Waals surface area contributed by atoms with E-state index in [9.17, 15) is 18.5 Å². The highest BCUT2D eigenvalue weighted by molar-refractivity contribution is 7.89. The molecule has 0 radical (unpaired) electrons. The summed E-state index contributed by atoms with van der Waals surface area (Å²) in [4.78, 5) is 10.3. The molecule has 0 aromatic heterocycles. The minimum Gasteiger partial charge on any atom is -0.330 e. The molecule has 0 atom stereocenters. The van der Waals surface area contributed by atoms with E-state index in [4.69, 9.17) is 5.73 Å². The van der Waals surface area contributed by atoms with E-state index in [0.717, 1.165) is 5.56 Å². The average molecular weight is 375 g/mol. The fraction of sp³-hybridized carbons (Fsp3) is 0.333. The predicted octanol–water partition coefficient (Wildman–Crippen LogP) is 2.28. The smallest absolute Gasteiger partial charge is 0.269 e. The number of rotatable bonds is 5. The predicted molar refractivity (Wildman–Crippen MR) is 98.3 cm³/mol. The molecule has 3 rings (SSSR count). The lowest BCUT2D eigenvalue weighted by Crippen LogP contribution is -2.48. The molecule has 0 bridgehead atoms. The summed E-state index contributed by atoms with van der Waals surface area (Å²) in [5.74, 6) is 0. The highest BCUT2D eigenvalue weighted by Crippen LogP contribution is 2.36. The summed E-state index contributed by atoms with van der Waals surface area (Å²) in [5.41, 5.74) is 6.83. The van der Waals surface area contributed by atoms with Crippen LogP contribution in [0.3, 0.4) is 0 Å². The highest BCUT2D eigenvalue weighted by atomic mass is 32.2. The van der Waals surface area contributed by atoms with E-state index >= 15 is 0 Å². The Kier molecular flexibility index (Phi) is 5.08. The van der Waals surface area contributed by atoms with Gasteiger partial charge >= 0.3 is 0 Å². The van der Waals surface area contributed by atoms with Gasteiger partial charge in [-0.25, -0.2) is 8.42 Å². The molecule has 0 saturated carbocycles. The van der Waals surface area contributed by atoms with E-state index in [1.54, 1.807) is 0 Å². The van der Waals surface area contributed by atoms with Gasteiger partial charge in [0.15, 0.2) is 0 Å². The van der Waals surface area contributed by atoms with Crippen molar-refractivity contribution in [1.29, 1.82) is 0 Å². The van der Waals surface area contributed by atoms with Crippen molar-refractivity contribution in [2.45, 2.75) is 23.2 Å². The normalized spacial score (nSPS) is 17.7. The first-order valence-corrected chi connectivity index (χ1v) is 9.83. The first-order chi connectivity index (χ1) is 12.4. The minimum absolute atomic E-state index is 0.0723. The Labute approximate surface area is 152 Å². The molecule has 1 aliphatic heterocycles. The fourth-order valence-electron chi connectivity index (χ4n) is 3.45. The third kappa shape index (κ3) is 3.35. The van der Waals surface area contributed by atoms with E-state index in [1.165, 1.54) is 28.6 Å². The molecule has 2 aromatic carbocycles. The van der Waals surface area contributed by atoms with Gasteiger partial charge < -0.3 is 5.73 Å². The van der Waals surface area contributed by atoms with E-state index in [-0.39, 0.29) is 16.0 Å². The lowest BCUT2D eigenvalue weighted by molar-refractivity contribution is -0.384. The number of sulfonamides is 1. The van der Waals surface area contributed by atoms with Gasteiger partial charge in [0, 0.05) is 37.2 Å². The molecule has 0 spiro atoms. The summed E-state index contributed by atoms with van der Waals surface area (Å²) in [6.45, 7) is 1.19. The number of nitrogens with two attached hydrogens (primary N) is 1. The van der Waals surface area contributed by atoms with Crippen LogP contribution in [0.25, 0.3) is 0 Å². The molecule has 2 aromatic rings. The van der Waals surface area contributed by atoms with Crippen molar-refractivity contribution in [2.75, 3.05) is 19.6 Å². The molecule has 1 aliphatic rings. The second kappa shape index (κ2) is 7.14. The van der Waals surface area contributed by atoms with Gasteiger partial charge in [-0.2, -0.15) is 4.31 Å². The summed E-state index contributed by atoms with van der Waals surface area (Å²) in [5, 5.41) is 10.7. The number of benzene rings is 2. The molecule has 0 aliphatic carbocycles. The average Bonchev–Trinajstić information content (AvgIpc) is 2.68. The van der Waals surface area contributed by atoms with Gasteiger partial charge in [0.05, 0.1) is 9.82 Å². The summed E-state index contributed by atoms with van der Waals surface area (Å²) >= 11 is 0. The molecule has 0 amide bonds. The van der Waals surface area contributed by atoms with Crippen molar-refractivity contribution >= 4 is 15.7 Å². The maximum Gasteiger partial charge on any atom is 0.269 e. The molecular formula is C18H21N3O4S. The Morgan fingerprint density at radius 3 is 2.12 bits per heavy atom. The fourth-order valence-corrected chi connectivity index (χ4v) is 4.89. The van der Waals surface area contributed by atoms with Crippen molar-refractivity contribution in [3.8, 4) is 0 Å². The van der Waals surface area contributed by atoms with Crippen molar-refractivity contribution in [3.63, 3.8) is 0 Å². The largest absolute Gasteiger partial charge is 0.330 e. The topological polar surface area (TPSA) is 107 Å². The maximum atomic E-state index is 12.8. The van der Waals surface area contributed by atoms with Gasteiger partial charge in [0.2, 0.25) is 10.0 Å². The van der Waals surface area contributed by atoms with Gasteiger partial charge in [0.25, 0.3) is 5.69 Å². The van der Waals surface area contributed by atoms with Gasteiger partial charge in [-0.1, -0.05) is 30.3 Å². The van der Waals surface area contributed by atoms with E-state index < -0.39 is 14.9 Å². The van der Waals surface area contributed by atoms with Crippen LogP contribution in [0.5, 0.6) is 0 Å². The van der Waals surface area contributed by atoms with Crippen molar-refractivity contribution in [2.24, 2.45) is 5.73 Å². The number of hydrogen-bond donors (Lipinski definition) is 1. The van der Waals surface area contributed by atoms with Crippen molar-refractivity contribution in [1.82, 2.24) is 4.31 Å². The lowest BCUT2D eigenvalue weighted by atomic mass is 9.73. The van der Waals surface area contributed by atoms with Crippen LogP contribution in [0, 0.1) is 10.1 Å². The monoisotopic (exact) mass is 375 g/mol. The van der Waals surface area contributed by atoms with Crippen LogP contribution in [0.1, 0.15) is 18.4 Å². The molecule has 2 N–H and O–H groups in total. The zero-order valence-electron chi connectivity index (χ0n) is 14.2. The van der Waals surface area contributed by atoms with E-state index in [0.29, 0.717) is 32.5 Å². The Hall–Kier alpha value is -2.29. The Morgan fingerprint density at radius 2 is 1.62 bits per heavy atom. The van der Waals surface area contributed by atoms with Crippen LogP contribution in [-0.2, 0) is 15.4 Å². The summed E-state index contributed by atoms with van der Waals surface area (Å²) in [6.07, 6.45) is 1.28. The third-order valence-corrected chi connectivity index (χ3v) is 7.05. The third-order valence-electron chi connectivity index (χ3n) is 5.14. The first-order valence-electron chi connectivity index (χ1n) is 8.39. The summed E-state index contributed by atoms with van der Waals surface area (Å²) in [7, 11) is -3.68. The quantitative estimate of drug-likeness (QED) is 0.637. The van der Waals surface area contributed by atoms with Crippen LogP contribution in [0.2, 0.25) is 0 Å². The number of non-ortho nitro benzene ring substituents is 1. The number of nitrogens with zero attached hydrogens (tertiary/aromatic N) is 2. The number of hydrogen-bond acceptors (Lipinski definition) is 5. The molecular weight excluding hydrogens is 354 g/mol. The molecule has 1 saturated heterocycles. The molecule has 1 fully saturated rings. The van der Waals surface area contributed by atoms with Crippen LogP contribution < -0.4 is 5.73 Å². The second-order valence-electron chi connectivity index (χ2n) is 6.51. The number of nitro benzene ring substituents is 1. The lowest BCUT2D eigenvalue weighted by Gasteiger charge is -2.41. The highest BCUT2D eigenvalue weighted by Gasteiger charge is 2.38. The van der Waals surface area contributed by atoms with Crippen molar-refractivity contribution < 1.29 is 13.3 Å². The van der Waals surface area contributed by atoms with Crippen LogP contribution >= 0.6 is 0 Å². The van der Waals surface area contributed by atoms with Crippen LogP contribution in [0.15, 0.2) is 59.5 Å². The molecule has 138 valence electrons. The van der Waals surface area contributed by atoms with Gasteiger partial charge in [-0.15, -0.1) is 0 Å². The standard InChI is InChI=1S/C18H21N3O4S/c19-14-18(15-4-2-1-3-5-15)10-12-20(13-11-18)26(24,25)17-8-6-16(7-9-17)21(22)23/h1-9H,10-14,19H2. The Bertz CT molecular complexity index is 874. The SMILES string of the molecule is NCC1(c2ccccc2)CCN(S(=O)(=O)c2ccc([N+](=O)[O-])cc2)CC1. The number of nitro groups is 1. The zero-order chi connectivity index (χ0) is 18.8. The van der Waals surface area contributed by atoms with E-state index in [1.807, 2.05) is 30.3 Å². The zero-order valence-corrected chi connectivity index (χ0v) is 15.1. The molecule has 8 heteroatoms. The first kappa shape index (κ1) is 18.5. The Morgan fingerprint density at radius 1 is 1.04 bits per heavy atom. The number of piperidine rings is 1. The Balaban J connectivity index is 1.79. The van der Waals surface area contributed by atoms with Gasteiger partial charge in [-0.3, -0.25) is 10.1 Å². The second-order valence-corrected chi connectivity index (χ2v) is 8.44. The summed E-state index contributed by atoms with van der Waals surface area (Å²) < 4.78 is 27.1. The minimum atomic E-state index is -3.68. The molecule has 1 heterocycles. The van der Waals surface area contributed by atoms with Crippen LogP contribution in [-0.4, -0.2) is 37.3 Å². The maximum absolute atomic E-state index is 12.8. The molecule has 7 nitrogen and oxygen atoms in total. The van der Waals surface area contributed by atoms with E-state index in [2.05, 4.69) is 0 Å². The summed E-state index contributed by atoms with van der Waals surface area (Å²) in [6, 6.07) is 14.9. The molecule has 26 heavy (non-hydrogen) atoms.